The first-order valence-corrected chi connectivity index (χ1v) is 7.89. The fraction of sp³-hybridized carbons (Fsp3) is 0.562. The highest BCUT2D eigenvalue weighted by Gasteiger charge is 2.10. The van der Waals surface area contributed by atoms with Crippen molar-refractivity contribution in [3.8, 4) is 0 Å². The lowest BCUT2D eigenvalue weighted by atomic mass is 10.2. The van der Waals surface area contributed by atoms with Gasteiger partial charge in [0.15, 0.2) is 0 Å². The molecule has 0 fully saturated rings. The molecular weight excluding hydrogens is 272 g/mol. The zero-order valence-corrected chi connectivity index (χ0v) is 12.9. The molecule has 3 nitrogen and oxygen atoms in total. The Morgan fingerprint density at radius 2 is 2.05 bits per heavy atom. The Bertz CT molecular complexity index is 551. The largest absolute Gasteiger partial charge is 0.396 e. The lowest BCUT2D eigenvalue weighted by Crippen LogP contribution is -2.05. The van der Waals surface area contributed by atoms with E-state index in [0.717, 1.165) is 41.3 Å². The molecule has 0 bridgehead atoms. The van der Waals surface area contributed by atoms with Gasteiger partial charge in [-0.3, -0.25) is 0 Å². The van der Waals surface area contributed by atoms with Gasteiger partial charge in [0.1, 0.15) is 5.82 Å². The van der Waals surface area contributed by atoms with Crippen molar-refractivity contribution in [3.05, 3.63) is 29.0 Å². The summed E-state index contributed by atoms with van der Waals surface area (Å²) in [5.74, 6) is 1.06. The molecule has 0 atom stereocenters. The number of aliphatic hydroxyl groups is 1. The van der Waals surface area contributed by atoms with E-state index in [9.17, 15) is 0 Å². The van der Waals surface area contributed by atoms with Crippen LogP contribution in [0.4, 0.5) is 0 Å². The second-order valence-electron chi connectivity index (χ2n) is 5.20. The molecule has 20 heavy (non-hydrogen) atoms. The molecule has 110 valence electrons. The van der Waals surface area contributed by atoms with Crippen molar-refractivity contribution in [1.29, 1.82) is 0 Å². The van der Waals surface area contributed by atoms with Crippen LogP contribution in [-0.4, -0.2) is 21.3 Å². The molecule has 0 spiro atoms. The minimum Gasteiger partial charge on any atom is -0.396 e. The van der Waals surface area contributed by atoms with Gasteiger partial charge in [-0.1, -0.05) is 37.8 Å². The summed E-state index contributed by atoms with van der Waals surface area (Å²) in [6.07, 6.45) is 6.53. The smallest absolute Gasteiger partial charge is 0.109 e. The van der Waals surface area contributed by atoms with Crippen LogP contribution in [0, 0.1) is 0 Å². The lowest BCUT2D eigenvalue weighted by molar-refractivity contribution is 0.287. The van der Waals surface area contributed by atoms with Gasteiger partial charge in [-0.25, -0.2) is 4.98 Å². The number of hydrogen-bond acceptors (Lipinski definition) is 2. The number of benzene rings is 1. The van der Waals surface area contributed by atoms with Crippen molar-refractivity contribution in [2.75, 3.05) is 6.61 Å². The van der Waals surface area contributed by atoms with Gasteiger partial charge in [0.05, 0.1) is 11.0 Å². The first kappa shape index (κ1) is 15.3. The molecule has 0 aliphatic carbocycles. The molecule has 2 rings (SSSR count). The number of fused-ring (bicyclic) bond motifs is 1. The number of unbranched alkanes of at least 4 members (excludes halogenated alkanes) is 3. The van der Waals surface area contributed by atoms with E-state index < -0.39 is 0 Å². The van der Waals surface area contributed by atoms with Gasteiger partial charge in [0.2, 0.25) is 0 Å². The molecular formula is C16H23ClN2O. The quantitative estimate of drug-likeness (QED) is 0.741. The molecule has 0 aliphatic heterocycles. The van der Waals surface area contributed by atoms with E-state index in [-0.39, 0.29) is 6.61 Å². The summed E-state index contributed by atoms with van der Waals surface area (Å²) in [4.78, 5) is 4.68. The van der Waals surface area contributed by atoms with Crippen molar-refractivity contribution in [1.82, 2.24) is 9.55 Å². The van der Waals surface area contributed by atoms with Gasteiger partial charge < -0.3 is 9.67 Å². The molecule has 0 unspecified atom stereocenters. The molecule has 0 saturated heterocycles. The molecule has 0 aliphatic rings. The Hall–Kier alpha value is -1.06. The van der Waals surface area contributed by atoms with Crippen LogP contribution < -0.4 is 0 Å². The van der Waals surface area contributed by atoms with Crippen LogP contribution in [0.1, 0.15) is 44.9 Å². The van der Waals surface area contributed by atoms with Crippen molar-refractivity contribution >= 4 is 22.6 Å². The third-order valence-electron chi connectivity index (χ3n) is 3.58. The van der Waals surface area contributed by atoms with Gasteiger partial charge in [-0.15, -0.1) is 0 Å². The number of aromatic nitrogens is 2. The molecule has 1 heterocycles. The second-order valence-corrected chi connectivity index (χ2v) is 5.64. The maximum Gasteiger partial charge on any atom is 0.109 e. The molecule has 1 N–H and O–H groups in total. The first-order chi connectivity index (χ1) is 9.76. The zero-order chi connectivity index (χ0) is 14.4. The molecule has 0 radical (unpaired) electrons. The van der Waals surface area contributed by atoms with E-state index in [4.69, 9.17) is 16.7 Å². The number of aryl methyl sites for hydroxylation is 2. The van der Waals surface area contributed by atoms with Crippen LogP contribution in [-0.2, 0) is 13.0 Å². The van der Waals surface area contributed by atoms with E-state index in [0.29, 0.717) is 0 Å². The molecule has 4 heteroatoms. The van der Waals surface area contributed by atoms with Crippen LogP contribution in [0.2, 0.25) is 5.02 Å². The predicted molar refractivity (Wildman–Crippen MR) is 84.3 cm³/mol. The van der Waals surface area contributed by atoms with Gasteiger partial charge >= 0.3 is 0 Å². The lowest BCUT2D eigenvalue weighted by Gasteiger charge is -2.08. The minimum atomic E-state index is 0.208. The number of hydrogen-bond donors (Lipinski definition) is 1. The van der Waals surface area contributed by atoms with Crippen LogP contribution in [0.3, 0.4) is 0 Å². The van der Waals surface area contributed by atoms with Crippen LogP contribution in [0.25, 0.3) is 11.0 Å². The monoisotopic (exact) mass is 294 g/mol. The Morgan fingerprint density at radius 3 is 2.80 bits per heavy atom. The Labute approximate surface area is 125 Å². The summed E-state index contributed by atoms with van der Waals surface area (Å²) < 4.78 is 2.29. The van der Waals surface area contributed by atoms with Crippen LogP contribution >= 0.6 is 11.6 Å². The number of aliphatic hydroxyl groups excluding tert-OH is 1. The highest BCUT2D eigenvalue weighted by atomic mass is 35.5. The summed E-state index contributed by atoms with van der Waals surface area (Å²) in [6, 6.07) is 5.89. The maximum atomic E-state index is 9.03. The summed E-state index contributed by atoms with van der Waals surface area (Å²) in [5, 5.41) is 9.75. The average molecular weight is 295 g/mol. The fourth-order valence-electron chi connectivity index (χ4n) is 2.53. The topological polar surface area (TPSA) is 38.0 Å². The zero-order valence-electron chi connectivity index (χ0n) is 12.1. The van der Waals surface area contributed by atoms with E-state index in [1.165, 1.54) is 25.7 Å². The van der Waals surface area contributed by atoms with Gasteiger partial charge in [-0.05, 0) is 31.0 Å². The number of nitrogens with zero attached hydrogens (tertiary/aromatic N) is 2. The summed E-state index contributed by atoms with van der Waals surface area (Å²) in [7, 11) is 0. The fourth-order valence-corrected chi connectivity index (χ4v) is 2.69. The first-order valence-electron chi connectivity index (χ1n) is 7.51. The van der Waals surface area contributed by atoms with E-state index in [1.807, 2.05) is 18.2 Å². The Morgan fingerprint density at radius 1 is 1.20 bits per heavy atom. The molecule has 1 aromatic carbocycles. The van der Waals surface area contributed by atoms with Crippen LogP contribution in [0.15, 0.2) is 18.2 Å². The molecule has 0 amide bonds. The summed E-state index contributed by atoms with van der Waals surface area (Å²) >= 11 is 6.04. The molecule has 1 aromatic heterocycles. The Kier molecular flexibility index (Phi) is 5.86. The van der Waals surface area contributed by atoms with Crippen molar-refractivity contribution < 1.29 is 5.11 Å². The second kappa shape index (κ2) is 7.65. The SMILES string of the molecule is CCCCCCn1c(CCCO)nc2cc(Cl)ccc21. The maximum absolute atomic E-state index is 9.03. The highest BCUT2D eigenvalue weighted by molar-refractivity contribution is 6.31. The summed E-state index contributed by atoms with van der Waals surface area (Å²) in [5.41, 5.74) is 2.11. The minimum absolute atomic E-state index is 0.208. The van der Waals surface area contributed by atoms with E-state index in [2.05, 4.69) is 16.5 Å². The predicted octanol–water partition coefficient (Wildman–Crippen LogP) is 4.19. The third kappa shape index (κ3) is 3.74. The van der Waals surface area contributed by atoms with Crippen molar-refractivity contribution in [2.45, 2.75) is 52.0 Å². The van der Waals surface area contributed by atoms with Gasteiger partial charge in [0, 0.05) is 24.6 Å². The number of rotatable bonds is 8. The van der Waals surface area contributed by atoms with Crippen molar-refractivity contribution in [3.63, 3.8) is 0 Å². The Balaban J connectivity index is 2.22. The highest BCUT2D eigenvalue weighted by Crippen LogP contribution is 2.22. The standard InChI is InChI=1S/C16H23ClN2O/c1-2-3-4-5-10-19-15-9-8-13(17)12-14(15)18-16(19)7-6-11-20/h8-9,12,20H,2-7,10-11H2,1H3. The van der Waals surface area contributed by atoms with Gasteiger partial charge in [-0.2, -0.15) is 0 Å². The molecule has 0 saturated carbocycles. The van der Waals surface area contributed by atoms with Crippen LogP contribution in [0.5, 0.6) is 0 Å². The van der Waals surface area contributed by atoms with E-state index >= 15 is 0 Å². The summed E-state index contributed by atoms with van der Waals surface area (Å²) in [6.45, 7) is 3.43. The van der Waals surface area contributed by atoms with E-state index in [1.54, 1.807) is 0 Å². The number of halogens is 1. The third-order valence-corrected chi connectivity index (χ3v) is 3.82. The molecule has 2 aromatic rings. The average Bonchev–Trinajstić information content (AvgIpc) is 2.78. The van der Waals surface area contributed by atoms with Gasteiger partial charge in [0.25, 0.3) is 0 Å². The normalized spacial score (nSPS) is 11.3. The number of imidazole rings is 1. The van der Waals surface area contributed by atoms with Crippen molar-refractivity contribution in [2.24, 2.45) is 0 Å².